The van der Waals surface area contributed by atoms with E-state index in [0.717, 1.165) is 5.56 Å². The Balaban J connectivity index is 1.94. The molecule has 0 spiro atoms. The quantitative estimate of drug-likeness (QED) is 0.826. The smallest absolute Gasteiger partial charge is 0.271 e. The minimum atomic E-state index is -0.382. The zero-order valence-electron chi connectivity index (χ0n) is 12.8. The van der Waals surface area contributed by atoms with Crippen LogP contribution in [0.25, 0.3) is 0 Å². The molecule has 0 aliphatic rings. The van der Waals surface area contributed by atoms with Gasteiger partial charge in [0.2, 0.25) is 0 Å². The van der Waals surface area contributed by atoms with Crippen molar-refractivity contribution >= 4 is 5.91 Å². The molecule has 2 rings (SSSR count). The number of halogens is 1. The maximum atomic E-state index is 13.1. The van der Waals surface area contributed by atoms with E-state index >= 15 is 0 Å². The number of methoxy groups -OCH3 is 1. The molecule has 1 heterocycles. The summed E-state index contributed by atoms with van der Waals surface area (Å²) in [6.45, 7) is 0.957. The average molecular weight is 319 g/mol. The van der Waals surface area contributed by atoms with Gasteiger partial charge in [0.05, 0.1) is 13.2 Å². The van der Waals surface area contributed by atoms with E-state index in [1.54, 1.807) is 12.1 Å². The molecule has 0 saturated heterocycles. The topological polar surface area (TPSA) is 73.2 Å². The molecule has 23 heavy (non-hydrogen) atoms. The van der Waals surface area contributed by atoms with Gasteiger partial charge in [0.15, 0.2) is 0 Å². The lowest BCUT2D eigenvalue weighted by Gasteiger charge is -2.07. The van der Waals surface area contributed by atoms with E-state index in [9.17, 15) is 14.0 Å². The van der Waals surface area contributed by atoms with Gasteiger partial charge in [-0.3, -0.25) is 9.59 Å². The first-order chi connectivity index (χ1) is 11.1. The SMILES string of the molecule is COCCn1nc(C(=O)NCCc2cccc(F)c2)ccc1=O. The molecule has 7 heteroatoms. The van der Waals surface area contributed by atoms with E-state index in [-0.39, 0.29) is 29.5 Å². The van der Waals surface area contributed by atoms with Crippen LogP contribution in [0.1, 0.15) is 16.1 Å². The summed E-state index contributed by atoms with van der Waals surface area (Å²) in [4.78, 5) is 23.7. The van der Waals surface area contributed by atoms with E-state index in [1.165, 1.54) is 36.1 Å². The second kappa shape index (κ2) is 8.19. The van der Waals surface area contributed by atoms with Crippen molar-refractivity contribution in [1.82, 2.24) is 15.1 Å². The number of hydrogen-bond donors (Lipinski definition) is 1. The van der Waals surface area contributed by atoms with Crippen LogP contribution in [0.2, 0.25) is 0 Å². The maximum Gasteiger partial charge on any atom is 0.271 e. The third-order valence-electron chi connectivity index (χ3n) is 3.19. The fraction of sp³-hybridized carbons (Fsp3) is 0.312. The highest BCUT2D eigenvalue weighted by Crippen LogP contribution is 2.03. The Labute approximate surface area is 132 Å². The number of aromatic nitrogens is 2. The lowest BCUT2D eigenvalue weighted by atomic mass is 10.1. The number of nitrogens with one attached hydrogen (secondary N) is 1. The molecule has 0 bridgehead atoms. The highest BCUT2D eigenvalue weighted by molar-refractivity contribution is 5.91. The highest BCUT2D eigenvalue weighted by atomic mass is 19.1. The fourth-order valence-electron chi connectivity index (χ4n) is 2.01. The second-order valence-corrected chi connectivity index (χ2v) is 4.91. The lowest BCUT2D eigenvalue weighted by Crippen LogP contribution is -2.31. The van der Waals surface area contributed by atoms with Crippen LogP contribution in [0.5, 0.6) is 0 Å². The van der Waals surface area contributed by atoms with Crippen LogP contribution in [0.4, 0.5) is 4.39 Å². The Morgan fingerprint density at radius 2 is 2.17 bits per heavy atom. The van der Waals surface area contributed by atoms with Crippen LogP contribution in [0.15, 0.2) is 41.2 Å². The van der Waals surface area contributed by atoms with Crippen LogP contribution in [-0.4, -0.2) is 35.9 Å². The average Bonchev–Trinajstić information content (AvgIpc) is 2.54. The molecule has 122 valence electrons. The minimum Gasteiger partial charge on any atom is -0.383 e. The number of carbonyl (C=O) groups is 1. The van der Waals surface area contributed by atoms with E-state index in [4.69, 9.17) is 4.74 Å². The van der Waals surface area contributed by atoms with Crippen molar-refractivity contribution in [2.75, 3.05) is 20.3 Å². The molecular formula is C16H18FN3O3. The van der Waals surface area contributed by atoms with Crippen molar-refractivity contribution in [2.45, 2.75) is 13.0 Å². The molecule has 0 fully saturated rings. The van der Waals surface area contributed by atoms with Crippen molar-refractivity contribution in [1.29, 1.82) is 0 Å². The fourth-order valence-corrected chi connectivity index (χ4v) is 2.01. The van der Waals surface area contributed by atoms with Crippen LogP contribution in [0, 0.1) is 5.82 Å². The molecule has 1 N–H and O–H groups in total. The third-order valence-corrected chi connectivity index (χ3v) is 3.19. The summed E-state index contributed by atoms with van der Waals surface area (Å²) in [5, 5.41) is 6.70. The number of nitrogens with zero attached hydrogens (tertiary/aromatic N) is 2. The van der Waals surface area contributed by atoms with Crippen molar-refractivity contribution in [3.05, 3.63) is 63.8 Å². The van der Waals surface area contributed by atoms with Gasteiger partial charge in [-0.25, -0.2) is 9.07 Å². The van der Waals surface area contributed by atoms with E-state index in [0.29, 0.717) is 19.6 Å². The largest absolute Gasteiger partial charge is 0.383 e. The molecule has 2 aromatic rings. The summed E-state index contributed by atoms with van der Waals surface area (Å²) in [6.07, 6.45) is 0.507. The predicted octanol–water partition coefficient (Wildman–Crippen LogP) is 1.00. The Bertz CT molecular complexity index is 731. The number of amides is 1. The molecule has 0 unspecified atom stereocenters. The van der Waals surface area contributed by atoms with Crippen LogP contribution in [0.3, 0.4) is 0 Å². The van der Waals surface area contributed by atoms with E-state index < -0.39 is 0 Å². The third kappa shape index (κ3) is 5.00. The molecule has 0 aliphatic carbocycles. The molecule has 0 radical (unpaired) electrons. The van der Waals surface area contributed by atoms with E-state index in [2.05, 4.69) is 10.4 Å². The minimum absolute atomic E-state index is 0.153. The van der Waals surface area contributed by atoms with Crippen molar-refractivity contribution in [3.8, 4) is 0 Å². The molecule has 1 amide bonds. The second-order valence-electron chi connectivity index (χ2n) is 4.91. The van der Waals surface area contributed by atoms with Crippen LogP contribution < -0.4 is 10.9 Å². The molecule has 1 aromatic heterocycles. The first-order valence-electron chi connectivity index (χ1n) is 7.20. The standard InChI is InChI=1S/C16H18FN3O3/c1-23-10-9-20-15(21)6-5-14(19-20)16(22)18-8-7-12-3-2-4-13(17)11-12/h2-6,11H,7-10H2,1H3,(H,18,22). The van der Waals surface area contributed by atoms with Crippen molar-refractivity contribution < 1.29 is 13.9 Å². The summed E-state index contributed by atoms with van der Waals surface area (Å²) < 4.78 is 19.1. The number of carbonyl (C=O) groups excluding carboxylic acids is 1. The van der Waals surface area contributed by atoms with E-state index in [1.807, 2.05) is 0 Å². The number of rotatable bonds is 7. The number of benzene rings is 1. The van der Waals surface area contributed by atoms with Gasteiger partial charge in [-0.15, -0.1) is 0 Å². The summed E-state index contributed by atoms with van der Waals surface area (Å²) in [7, 11) is 1.52. The Morgan fingerprint density at radius 1 is 1.35 bits per heavy atom. The Hall–Kier alpha value is -2.54. The van der Waals surface area contributed by atoms with Gasteiger partial charge in [0, 0.05) is 19.7 Å². The zero-order valence-corrected chi connectivity index (χ0v) is 12.8. The van der Waals surface area contributed by atoms with Gasteiger partial charge < -0.3 is 10.1 Å². The summed E-state index contributed by atoms with van der Waals surface area (Å²) in [5.41, 5.74) is 0.654. The lowest BCUT2D eigenvalue weighted by molar-refractivity contribution is 0.0945. The maximum absolute atomic E-state index is 13.1. The summed E-state index contributed by atoms with van der Waals surface area (Å²) in [6, 6.07) is 8.88. The normalized spacial score (nSPS) is 10.5. The Morgan fingerprint density at radius 3 is 2.91 bits per heavy atom. The highest BCUT2D eigenvalue weighted by Gasteiger charge is 2.09. The zero-order chi connectivity index (χ0) is 16.7. The van der Waals surface area contributed by atoms with Crippen molar-refractivity contribution in [2.24, 2.45) is 0 Å². The van der Waals surface area contributed by atoms with Gasteiger partial charge in [-0.2, -0.15) is 5.10 Å². The van der Waals surface area contributed by atoms with Crippen LogP contribution >= 0.6 is 0 Å². The van der Waals surface area contributed by atoms with Gasteiger partial charge in [0.1, 0.15) is 11.5 Å². The van der Waals surface area contributed by atoms with Gasteiger partial charge in [-0.1, -0.05) is 12.1 Å². The Kier molecular flexibility index (Phi) is 5.99. The molecule has 0 atom stereocenters. The monoisotopic (exact) mass is 319 g/mol. The van der Waals surface area contributed by atoms with Gasteiger partial charge in [0.25, 0.3) is 11.5 Å². The summed E-state index contributed by atoms with van der Waals surface area (Å²) >= 11 is 0. The number of hydrogen-bond acceptors (Lipinski definition) is 4. The summed E-state index contributed by atoms with van der Waals surface area (Å²) in [5.74, 6) is -0.687. The van der Waals surface area contributed by atoms with Crippen molar-refractivity contribution in [3.63, 3.8) is 0 Å². The predicted molar refractivity (Wildman–Crippen MR) is 82.8 cm³/mol. The first kappa shape index (κ1) is 16.8. The first-order valence-corrected chi connectivity index (χ1v) is 7.20. The molecule has 1 aromatic carbocycles. The molecular weight excluding hydrogens is 301 g/mol. The van der Waals surface area contributed by atoms with Gasteiger partial charge in [-0.05, 0) is 30.2 Å². The number of ether oxygens (including phenoxy) is 1. The van der Waals surface area contributed by atoms with Gasteiger partial charge >= 0.3 is 0 Å². The molecule has 0 aliphatic heterocycles. The molecule has 6 nitrogen and oxygen atoms in total. The molecule has 0 saturated carbocycles. The van der Waals surface area contributed by atoms with Crippen LogP contribution in [-0.2, 0) is 17.7 Å².